The van der Waals surface area contributed by atoms with E-state index in [1.165, 1.54) is 371 Å². The predicted octanol–water partition coefficient (Wildman–Crippen LogP) is 23.8. The van der Waals surface area contributed by atoms with Crippen LogP contribution in [0.5, 0.6) is 0 Å². The van der Waals surface area contributed by atoms with Gasteiger partial charge in [-0.2, -0.15) is 0 Å². The van der Waals surface area contributed by atoms with Crippen LogP contribution < -0.4 is 0 Å². The first-order chi connectivity index (χ1) is 39.1. The molecule has 0 bridgehead atoms. The van der Waals surface area contributed by atoms with Crippen molar-refractivity contribution in [2.24, 2.45) is 0 Å². The van der Waals surface area contributed by atoms with Crippen LogP contribution in [-0.4, -0.2) is 74.8 Å². The van der Waals surface area contributed by atoms with E-state index in [2.05, 4.69) is 13.8 Å². The zero-order valence-corrected chi connectivity index (χ0v) is 59.7. The fourth-order valence-corrected chi connectivity index (χ4v) is 12.6. The number of benzene rings is 2. The third kappa shape index (κ3) is 57.3. The maximum Gasteiger partial charge on any atom is 2.00 e. The van der Waals surface area contributed by atoms with E-state index in [1.807, 2.05) is 0 Å². The summed E-state index contributed by atoms with van der Waals surface area (Å²) in [6.07, 6.45) is 80.9. The van der Waals surface area contributed by atoms with E-state index in [0.29, 0.717) is 0 Å². The van der Waals surface area contributed by atoms with Crippen LogP contribution in [-0.2, 0) is 33.1 Å². The Morgan fingerprint density at radius 2 is 0.346 bits per heavy atom. The molecule has 0 N–H and O–H groups in total. The third-order valence-corrected chi connectivity index (χ3v) is 18.8. The third-order valence-electron chi connectivity index (χ3n) is 17.1. The van der Waals surface area contributed by atoms with Gasteiger partial charge in [0.25, 0.3) is 0 Å². The molecule has 9 heteroatoms. The summed E-state index contributed by atoms with van der Waals surface area (Å²) in [6.45, 7) is 4.59. The number of aryl methyl sites for hydroxylation is 2. The number of hydrogen-bond donors (Lipinski definition) is 0. The van der Waals surface area contributed by atoms with Gasteiger partial charge in [-0.3, -0.25) is 0 Å². The summed E-state index contributed by atoms with van der Waals surface area (Å²) in [5.74, 6) is 0. The van der Waals surface area contributed by atoms with Crippen LogP contribution in [0.4, 0.5) is 0 Å². The normalized spacial score (nSPS) is 11.7. The zero-order valence-electron chi connectivity index (χ0n) is 53.6. The van der Waals surface area contributed by atoms with Gasteiger partial charge in [-0.25, -0.2) is 16.8 Å². The molecule has 0 spiro atoms. The van der Waals surface area contributed by atoms with Crippen LogP contribution in [0.25, 0.3) is 0 Å². The summed E-state index contributed by atoms with van der Waals surface area (Å²) in [5, 5.41) is 0. The van der Waals surface area contributed by atoms with E-state index in [9.17, 15) is 25.9 Å². The summed E-state index contributed by atoms with van der Waals surface area (Å²) in [7, 11) is -8.66. The van der Waals surface area contributed by atoms with Crippen molar-refractivity contribution in [3.63, 3.8) is 0 Å². The Kier molecular flexibility index (Phi) is 61.3. The fourth-order valence-electron chi connectivity index (χ4n) is 11.6. The van der Waals surface area contributed by atoms with Gasteiger partial charge in [0.05, 0.1) is 9.79 Å². The first kappa shape index (κ1) is 80.8. The molecule has 6 nitrogen and oxygen atoms in total. The van der Waals surface area contributed by atoms with Gasteiger partial charge in [-0.15, -0.1) is 0 Å². The second-order valence-corrected chi connectivity index (χ2v) is 27.5. The summed E-state index contributed by atoms with van der Waals surface area (Å²) in [4.78, 5) is -0.265. The van der Waals surface area contributed by atoms with Crippen LogP contribution in [0.3, 0.4) is 0 Å². The standard InChI is InChI=1S/2C36H66O3S.Ba/c2*1-2-3-4-5-6-7-8-9-10-11-12-13-14-15-16-17-18-19-20-21-22-23-24-25-26-27-28-29-30-35-31-33-36(34-32-35)40(37,38)39;/h2*31-34H,2-30H2,1H3,(H,37,38,39);/q;;+2/p-2. The Morgan fingerprint density at radius 1 is 0.222 bits per heavy atom. The van der Waals surface area contributed by atoms with Crippen molar-refractivity contribution < 1.29 is 25.9 Å². The molecule has 0 heterocycles. The van der Waals surface area contributed by atoms with Gasteiger partial charge in [0.15, 0.2) is 0 Å². The van der Waals surface area contributed by atoms with Gasteiger partial charge in [-0.1, -0.05) is 385 Å². The first-order valence-electron chi connectivity index (χ1n) is 35.2. The predicted molar refractivity (Wildman–Crippen MR) is 352 cm³/mol. The van der Waals surface area contributed by atoms with Crippen molar-refractivity contribution in [3.05, 3.63) is 59.7 Å². The van der Waals surface area contributed by atoms with E-state index < -0.39 is 20.2 Å². The first-order valence-corrected chi connectivity index (χ1v) is 38.0. The van der Waals surface area contributed by atoms with Crippen LogP contribution in [0.15, 0.2) is 58.3 Å². The Balaban J connectivity index is 0.00000156. The molecular formula is C72H130BaO6S2. The molecule has 81 heavy (non-hydrogen) atoms. The molecule has 0 aromatic heterocycles. The smallest absolute Gasteiger partial charge is 0.744 e. The number of unbranched alkanes of at least 4 members (excludes halogenated alkanes) is 54. The molecule has 0 radical (unpaired) electrons. The Labute approximate surface area is 545 Å². The molecule has 2 aromatic rings. The van der Waals surface area contributed by atoms with Crippen LogP contribution in [0.2, 0.25) is 0 Å². The zero-order chi connectivity index (χ0) is 58.0. The quantitative estimate of drug-likeness (QED) is 0.0370. The van der Waals surface area contributed by atoms with Gasteiger partial charge >= 0.3 is 48.9 Å². The maximum atomic E-state index is 11.0. The maximum absolute atomic E-state index is 11.0. The van der Waals surface area contributed by atoms with Crippen LogP contribution >= 0.6 is 0 Å². The molecule has 0 aliphatic carbocycles. The second-order valence-electron chi connectivity index (χ2n) is 24.8. The molecule has 0 atom stereocenters. The van der Waals surface area contributed by atoms with Crippen LogP contribution in [0, 0.1) is 0 Å². The summed E-state index contributed by atoms with van der Waals surface area (Å²) >= 11 is 0. The van der Waals surface area contributed by atoms with Crippen molar-refractivity contribution in [2.45, 2.75) is 396 Å². The van der Waals surface area contributed by atoms with Crippen LogP contribution in [0.1, 0.15) is 385 Å². The SMILES string of the molecule is CCCCCCCCCCCCCCCCCCCCCCCCCCCCCCc1ccc(S(=O)(=O)[O-])cc1.CCCCCCCCCCCCCCCCCCCCCCCCCCCCCCc1ccc(S(=O)(=O)[O-])cc1.[Ba+2]. The van der Waals surface area contributed by atoms with E-state index in [4.69, 9.17) is 0 Å². The number of hydrogen-bond acceptors (Lipinski definition) is 6. The topological polar surface area (TPSA) is 114 Å². The van der Waals surface area contributed by atoms with Crippen molar-refractivity contribution >= 4 is 69.1 Å². The minimum atomic E-state index is -4.33. The van der Waals surface area contributed by atoms with Gasteiger partial charge < -0.3 is 9.11 Å². The Bertz CT molecular complexity index is 1650. The van der Waals surface area contributed by atoms with Gasteiger partial charge in [0.2, 0.25) is 0 Å². The molecule has 0 unspecified atom stereocenters. The van der Waals surface area contributed by atoms with Crippen molar-refractivity contribution in [3.8, 4) is 0 Å². The van der Waals surface area contributed by atoms with Crippen molar-refractivity contribution in [1.82, 2.24) is 0 Å². The molecule has 0 amide bonds. The molecule has 2 rings (SSSR count). The molecular weight excluding hydrogens is 1160 g/mol. The summed E-state index contributed by atoms with van der Waals surface area (Å²) < 4.78 is 65.9. The fraction of sp³-hybridized carbons (Fsp3) is 0.833. The van der Waals surface area contributed by atoms with Gasteiger partial charge in [0.1, 0.15) is 20.2 Å². The minimum Gasteiger partial charge on any atom is -0.744 e. The van der Waals surface area contributed by atoms with Gasteiger partial charge in [-0.05, 0) is 61.1 Å². The molecule has 0 saturated carbocycles. The molecule has 0 fully saturated rings. The van der Waals surface area contributed by atoms with Crippen molar-refractivity contribution in [1.29, 1.82) is 0 Å². The average molecular weight is 1290 g/mol. The summed E-state index contributed by atoms with van der Waals surface area (Å²) in [6, 6.07) is 12.8. The Morgan fingerprint density at radius 3 is 0.469 bits per heavy atom. The average Bonchev–Trinajstić information content (AvgIpc) is 3.44. The molecule has 2 aromatic carbocycles. The van der Waals surface area contributed by atoms with E-state index >= 15 is 0 Å². The minimum absolute atomic E-state index is 0. The second kappa shape index (κ2) is 61.5. The largest absolute Gasteiger partial charge is 2.00 e. The van der Waals surface area contributed by atoms with Crippen molar-refractivity contribution in [2.75, 3.05) is 0 Å². The summed E-state index contributed by atoms with van der Waals surface area (Å²) in [5.41, 5.74) is 2.23. The molecule has 0 aliphatic heterocycles. The molecule has 468 valence electrons. The number of rotatable bonds is 60. The molecule has 0 saturated heterocycles. The van der Waals surface area contributed by atoms with Gasteiger partial charge in [0, 0.05) is 0 Å². The van der Waals surface area contributed by atoms with E-state index in [-0.39, 0.29) is 58.7 Å². The van der Waals surface area contributed by atoms with E-state index in [0.717, 1.165) is 36.8 Å². The van der Waals surface area contributed by atoms with E-state index in [1.54, 1.807) is 24.3 Å². The Hall–Kier alpha value is -0.169. The molecule has 0 aliphatic rings. The monoisotopic (exact) mass is 1290 g/mol.